The zero-order valence-electron chi connectivity index (χ0n) is 17.1. The average molecular weight is 410 g/mol. The Hall–Kier alpha value is -4.40. The molecule has 152 valence electrons. The van der Waals surface area contributed by atoms with Crippen molar-refractivity contribution in [3.63, 3.8) is 0 Å². The fourth-order valence-corrected chi connectivity index (χ4v) is 3.11. The third-order valence-corrected chi connectivity index (χ3v) is 4.80. The summed E-state index contributed by atoms with van der Waals surface area (Å²) in [6.07, 6.45) is 0. The number of nitrogens with zero attached hydrogens (tertiary/aromatic N) is 8. The van der Waals surface area contributed by atoms with Gasteiger partial charge >= 0.3 is 5.95 Å². The number of nitrogens with one attached hydrogen (secondary N) is 1. The molecule has 0 amide bonds. The monoisotopic (exact) mass is 410 g/mol. The van der Waals surface area contributed by atoms with Crippen LogP contribution in [0.3, 0.4) is 0 Å². The Morgan fingerprint density at radius 1 is 0.774 bits per heavy atom. The van der Waals surface area contributed by atoms with Crippen molar-refractivity contribution in [3.05, 3.63) is 90.0 Å². The maximum Gasteiger partial charge on any atom is 0.410 e. The van der Waals surface area contributed by atoms with Crippen LogP contribution in [0.1, 0.15) is 11.1 Å². The smallest absolute Gasteiger partial charge is 0.224 e. The Kier molecular flexibility index (Phi) is 4.68. The molecule has 0 aliphatic carbocycles. The summed E-state index contributed by atoms with van der Waals surface area (Å²) in [5, 5.41) is 24.6. The van der Waals surface area contributed by atoms with Gasteiger partial charge in [0.2, 0.25) is 0 Å². The summed E-state index contributed by atoms with van der Waals surface area (Å²) in [5.74, 6) is 0.917. The summed E-state index contributed by atoms with van der Waals surface area (Å²) in [7, 11) is 0. The second-order valence-electron chi connectivity index (χ2n) is 7.16. The van der Waals surface area contributed by atoms with Gasteiger partial charge in [-0.2, -0.15) is 4.68 Å². The first kappa shape index (κ1) is 18.6. The molecule has 0 saturated heterocycles. The Balaban J connectivity index is 1.57. The maximum atomic E-state index is 4.66. The lowest BCUT2D eigenvalue weighted by Crippen LogP contribution is -2.36. The van der Waals surface area contributed by atoms with Crippen molar-refractivity contribution in [2.24, 2.45) is 0 Å². The van der Waals surface area contributed by atoms with Crippen LogP contribution in [0, 0.1) is 13.8 Å². The van der Waals surface area contributed by atoms with Crippen LogP contribution >= 0.6 is 0 Å². The van der Waals surface area contributed by atoms with Gasteiger partial charge in [0, 0.05) is 5.21 Å². The van der Waals surface area contributed by atoms with E-state index >= 15 is 0 Å². The van der Waals surface area contributed by atoms with Crippen molar-refractivity contribution in [1.29, 1.82) is 0 Å². The molecular formula is C22H20N9+. The summed E-state index contributed by atoms with van der Waals surface area (Å²) >= 11 is 0. The van der Waals surface area contributed by atoms with E-state index < -0.39 is 0 Å². The molecule has 0 bridgehead atoms. The van der Waals surface area contributed by atoms with Crippen LogP contribution in [-0.4, -0.2) is 35.3 Å². The minimum atomic E-state index is 0.435. The lowest BCUT2D eigenvalue weighted by Gasteiger charge is -2.03. The minimum absolute atomic E-state index is 0.435. The largest absolute Gasteiger partial charge is 0.410 e. The van der Waals surface area contributed by atoms with Crippen LogP contribution in [0.15, 0.2) is 78.9 Å². The van der Waals surface area contributed by atoms with Crippen LogP contribution in [0.2, 0.25) is 0 Å². The van der Waals surface area contributed by atoms with Gasteiger partial charge in [0.25, 0.3) is 5.95 Å². The van der Waals surface area contributed by atoms with E-state index in [-0.39, 0.29) is 0 Å². The predicted octanol–water partition coefficient (Wildman–Crippen LogP) is 2.88. The fourth-order valence-electron chi connectivity index (χ4n) is 3.11. The van der Waals surface area contributed by atoms with Crippen LogP contribution in [0.5, 0.6) is 0 Å². The molecule has 3 aromatic carbocycles. The number of benzene rings is 3. The van der Waals surface area contributed by atoms with Crippen molar-refractivity contribution in [3.8, 4) is 17.1 Å². The third-order valence-electron chi connectivity index (χ3n) is 4.80. The highest BCUT2D eigenvalue weighted by Crippen LogP contribution is 2.16. The number of aryl methyl sites for hydroxylation is 2. The van der Waals surface area contributed by atoms with Gasteiger partial charge in [-0.15, -0.1) is 0 Å². The standard InChI is InChI=1S/C22H20N9/c1-16-8-12-18(13-9-16)29-21(24-26-27-29)23-22-25-31(20-6-4-3-5-7-20)28-30(22)19-14-10-17(2)11-15-19/h3-15H,1-2H3,(H,23,24,25,27,28)/q+1. The van der Waals surface area contributed by atoms with E-state index in [9.17, 15) is 0 Å². The quantitative estimate of drug-likeness (QED) is 0.448. The molecule has 2 aromatic heterocycles. The van der Waals surface area contributed by atoms with E-state index in [0.717, 1.165) is 28.2 Å². The molecule has 0 atom stereocenters. The molecule has 0 saturated carbocycles. The highest BCUT2D eigenvalue weighted by molar-refractivity contribution is 5.46. The van der Waals surface area contributed by atoms with E-state index in [4.69, 9.17) is 0 Å². The molecule has 31 heavy (non-hydrogen) atoms. The summed E-state index contributed by atoms with van der Waals surface area (Å²) in [6.45, 7) is 4.08. The summed E-state index contributed by atoms with van der Waals surface area (Å²) in [5.41, 5.74) is 4.88. The Morgan fingerprint density at radius 3 is 2.16 bits per heavy atom. The first-order valence-corrected chi connectivity index (χ1v) is 9.82. The normalized spacial score (nSPS) is 10.9. The van der Waals surface area contributed by atoms with Crippen molar-refractivity contribution < 1.29 is 4.68 Å². The Morgan fingerprint density at radius 2 is 1.45 bits per heavy atom. The van der Waals surface area contributed by atoms with Gasteiger partial charge in [-0.3, -0.25) is 0 Å². The average Bonchev–Trinajstić information content (AvgIpc) is 3.43. The van der Waals surface area contributed by atoms with Crippen LogP contribution < -0.4 is 10.00 Å². The molecule has 0 aliphatic rings. The van der Waals surface area contributed by atoms with Gasteiger partial charge in [-0.25, -0.2) is 5.32 Å². The van der Waals surface area contributed by atoms with Gasteiger partial charge < -0.3 is 0 Å². The van der Waals surface area contributed by atoms with Crippen LogP contribution in [0.4, 0.5) is 11.9 Å². The number of rotatable bonds is 5. The molecule has 0 fully saturated rings. The van der Waals surface area contributed by atoms with Gasteiger partial charge in [-0.1, -0.05) is 63.4 Å². The van der Waals surface area contributed by atoms with Gasteiger partial charge in [0.05, 0.1) is 10.8 Å². The molecule has 2 heterocycles. The molecular weight excluding hydrogens is 390 g/mol. The molecule has 9 heteroatoms. The first-order valence-electron chi connectivity index (χ1n) is 9.82. The van der Waals surface area contributed by atoms with Crippen LogP contribution in [0.25, 0.3) is 17.1 Å². The van der Waals surface area contributed by atoms with Crippen molar-refractivity contribution >= 4 is 11.9 Å². The third kappa shape index (κ3) is 3.76. The Labute approximate surface area is 178 Å². The summed E-state index contributed by atoms with van der Waals surface area (Å²) in [4.78, 5) is 1.57. The van der Waals surface area contributed by atoms with Gasteiger partial charge in [0.15, 0.2) is 0 Å². The summed E-state index contributed by atoms with van der Waals surface area (Å²) < 4.78 is 3.35. The molecule has 0 radical (unpaired) electrons. The molecule has 0 spiro atoms. The lowest BCUT2D eigenvalue weighted by atomic mass is 10.2. The topological polar surface area (TPSA) is 90.2 Å². The predicted molar refractivity (Wildman–Crippen MR) is 115 cm³/mol. The number of anilines is 2. The van der Waals surface area contributed by atoms with Crippen molar-refractivity contribution in [1.82, 2.24) is 35.3 Å². The SMILES string of the molecule is Cc1ccc(-n2nnnc2Nc2nn(-c3ccccc3)n[n+]2-c2ccc(C)cc2)cc1. The second-order valence-corrected chi connectivity index (χ2v) is 7.16. The van der Waals surface area contributed by atoms with E-state index in [1.165, 1.54) is 0 Å². The van der Waals surface area contributed by atoms with Crippen molar-refractivity contribution in [2.45, 2.75) is 13.8 Å². The number of para-hydroxylation sites is 1. The van der Waals surface area contributed by atoms with E-state index in [1.807, 2.05) is 92.7 Å². The van der Waals surface area contributed by atoms with Crippen LogP contribution in [-0.2, 0) is 0 Å². The highest BCUT2D eigenvalue weighted by Gasteiger charge is 2.24. The molecule has 9 nitrogen and oxygen atoms in total. The van der Waals surface area contributed by atoms with Gasteiger partial charge in [0.1, 0.15) is 11.4 Å². The fraction of sp³-hybridized carbons (Fsp3) is 0.0909. The van der Waals surface area contributed by atoms with Gasteiger partial charge in [-0.05, 0) is 65.5 Å². The number of hydrogen-bond donors (Lipinski definition) is 1. The van der Waals surface area contributed by atoms with E-state index in [0.29, 0.717) is 11.9 Å². The minimum Gasteiger partial charge on any atom is -0.224 e. The Bertz CT molecular complexity index is 1300. The van der Waals surface area contributed by atoms with E-state index in [1.54, 1.807) is 14.2 Å². The molecule has 5 aromatic rings. The lowest BCUT2D eigenvalue weighted by molar-refractivity contribution is -0.647. The maximum absolute atomic E-state index is 4.66. The number of hydrogen-bond acceptors (Lipinski definition) is 6. The molecule has 5 rings (SSSR count). The zero-order valence-corrected chi connectivity index (χ0v) is 17.1. The molecule has 0 unspecified atom stereocenters. The summed E-state index contributed by atoms with van der Waals surface area (Å²) in [6, 6.07) is 25.7. The molecule has 0 aliphatic heterocycles. The first-order chi connectivity index (χ1) is 15.2. The number of aromatic nitrogens is 8. The van der Waals surface area contributed by atoms with E-state index in [2.05, 4.69) is 31.2 Å². The molecule has 1 N–H and O–H groups in total. The highest BCUT2D eigenvalue weighted by atomic mass is 15.7. The second kappa shape index (κ2) is 7.79. The zero-order chi connectivity index (χ0) is 21.2. The van der Waals surface area contributed by atoms with Crippen molar-refractivity contribution in [2.75, 3.05) is 5.32 Å². The number of tetrazole rings is 2.